The molecule has 9 heteroatoms. The van der Waals surface area contributed by atoms with Gasteiger partial charge in [-0.15, -0.1) is 11.3 Å². The van der Waals surface area contributed by atoms with Crippen molar-refractivity contribution in [2.24, 2.45) is 7.05 Å². The van der Waals surface area contributed by atoms with Crippen molar-refractivity contribution < 1.29 is 22.7 Å². The van der Waals surface area contributed by atoms with Crippen LogP contribution in [0.4, 0.5) is 13.2 Å². The minimum absolute atomic E-state index is 0.184. The molecule has 0 saturated carbocycles. The average Bonchev–Trinajstić information content (AvgIpc) is 3.26. The summed E-state index contributed by atoms with van der Waals surface area (Å²) in [6.07, 6.45) is -4.48. The topological polar surface area (TPSA) is 56.1 Å². The molecule has 0 aliphatic heterocycles. The number of alkyl halides is 3. The van der Waals surface area contributed by atoms with Gasteiger partial charge in [0.25, 0.3) is 5.91 Å². The van der Waals surface area contributed by atoms with Crippen molar-refractivity contribution in [3.05, 3.63) is 58.6 Å². The number of rotatable bonds is 5. The lowest BCUT2D eigenvalue weighted by atomic mass is 10.2. The minimum Gasteiger partial charge on any atom is -0.497 e. The molecule has 0 atom stereocenters. The van der Waals surface area contributed by atoms with E-state index in [9.17, 15) is 18.0 Å². The molecule has 2 heterocycles. The lowest BCUT2D eigenvalue weighted by Gasteiger charge is -2.05. The van der Waals surface area contributed by atoms with Gasteiger partial charge in [-0.1, -0.05) is 12.1 Å². The average molecular weight is 395 g/mol. The smallest absolute Gasteiger partial charge is 0.433 e. The Bertz CT molecular complexity index is 946. The van der Waals surface area contributed by atoms with Gasteiger partial charge in [-0.2, -0.15) is 18.3 Å². The fourth-order valence-corrected chi connectivity index (χ4v) is 3.34. The van der Waals surface area contributed by atoms with E-state index in [0.29, 0.717) is 16.3 Å². The molecule has 2 aromatic heterocycles. The summed E-state index contributed by atoms with van der Waals surface area (Å²) in [5.74, 6) is 0.426. The van der Waals surface area contributed by atoms with Gasteiger partial charge in [0.2, 0.25) is 0 Å². The maximum atomic E-state index is 12.9. The fraction of sp³-hybridized carbons (Fsp3) is 0.222. The first-order chi connectivity index (χ1) is 12.8. The van der Waals surface area contributed by atoms with E-state index in [4.69, 9.17) is 4.74 Å². The van der Waals surface area contributed by atoms with Gasteiger partial charge in [-0.25, -0.2) is 0 Å². The van der Waals surface area contributed by atoms with Crippen LogP contribution in [0.5, 0.6) is 5.75 Å². The molecule has 5 nitrogen and oxygen atoms in total. The lowest BCUT2D eigenvalue weighted by Crippen LogP contribution is -2.21. The number of hydrogen-bond donors (Lipinski definition) is 1. The Labute approximate surface area is 157 Å². The van der Waals surface area contributed by atoms with Gasteiger partial charge in [0.05, 0.1) is 16.9 Å². The third kappa shape index (κ3) is 4.30. The lowest BCUT2D eigenvalue weighted by molar-refractivity contribution is -0.143. The van der Waals surface area contributed by atoms with Crippen LogP contribution in [0, 0.1) is 0 Å². The number of nitrogens with one attached hydrogen (secondary N) is 1. The second-order valence-corrected chi connectivity index (χ2v) is 6.81. The van der Waals surface area contributed by atoms with E-state index >= 15 is 0 Å². The van der Waals surface area contributed by atoms with Crippen molar-refractivity contribution in [1.29, 1.82) is 0 Å². The molecule has 0 saturated heterocycles. The van der Waals surface area contributed by atoms with E-state index in [1.54, 1.807) is 31.4 Å². The van der Waals surface area contributed by atoms with Crippen LogP contribution in [0.2, 0.25) is 0 Å². The standard InChI is InChI=1S/C18H16F3N3O2S/c1-24-16(18(19,20)21)9-13(23-24)14-7-8-15(27-14)17(25)22-10-11-3-5-12(26-2)6-4-11/h3-9H,10H2,1-2H3,(H,22,25). The molecular weight excluding hydrogens is 379 g/mol. The largest absolute Gasteiger partial charge is 0.497 e. The molecule has 142 valence electrons. The Morgan fingerprint density at radius 1 is 1.22 bits per heavy atom. The summed E-state index contributed by atoms with van der Waals surface area (Å²) in [7, 11) is 2.81. The zero-order valence-corrected chi connectivity index (χ0v) is 15.3. The van der Waals surface area contributed by atoms with Crippen molar-refractivity contribution >= 4 is 17.2 Å². The van der Waals surface area contributed by atoms with Crippen molar-refractivity contribution in [3.8, 4) is 16.3 Å². The fourth-order valence-electron chi connectivity index (χ4n) is 2.46. The summed E-state index contributed by atoms with van der Waals surface area (Å²) in [5, 5.41) is 6.68. The van der Waals surface area contributed by atoms with Gasteiger partial charge < -0.3 is 10.1 Å². The van der Waals surface area contributed by atoms with Crippen LogP contribution in [-0.4, -0.2) is 22.8 Å². The summed E-state index contributed by atoms with van der Waals surface area (Å²) < 4.78 is 44.5. The number of hydrogen-bond acceptors (Lipinski definition) is 4. The molecule has 0 bridgehead atoms. The van der Waals surface area contributed by atoms with Crippen LogP contribution in [0.1, 0.15) is 20.9 Å². The van der Waals surface area contributed by atoms with Crippen molar-refractivity contribution in [1.82, 2.24) is 15.1 Å². The molecule has 1 amide bonds. The number of thiophene rings is 1. The highest BCUT2D eigenvalue weighted by Gasteiger charge is 2.35. The number of carbonyl (C=O) groups is 1. The molecule has 0 unspecified atom stereocenters. The molecule has 0 radical (unpaired) electrons. The molecule has 27 heavy (non-hydrogen) atoms. The van der Waals surface area contributed by atoms with E-state index in [-0.39, 0.29) is 11.6 Å². The van der Waals surface area contributed by atoms with Crippen molar-refractivity contribution in [3.63, 3.8) is 0 Å². The van der Waals surface area contributed by atoms with Gasteiger partial charge in [-0.3, -0.25) is 9.48 Å². The highest BCUT2D eigenvalue weighted by atomic mass is 32.1. The molecule has 1 N–H and O–H groups in total. The predicted octanol–water partition coefficient (Wildman–Crippen LogP) is 4.11. The second kappa shape index (κ2) is 7.43. The Balaban J connectivity index is 1.68. The van der Waals surface area contributed by atoms with Crippen LogP contribution in [0.25, 0.3) is 10.6 Å². The number of aryl methyl sites for hydroxylation is 1. The minimum atomic E-state index is -4.48. The Hall–Kier alpha value is -2.81. The first-order valence-corrected chi connectivity index (χ1v) is 8.72. The first-order valence-electron chi connectivity index (χ1n) is 7.90. The van der Waals surface area contributed by atoms with Gasteiger partial charge in [0.15, 0.2) is 0 Å². The van der Waals surface area contributed by atoms with Gasteiger partial charge in [0.1, 0.15) is 17.1 Å². The van der Waals surface area contributed by atoms with E-state index in [1.807, 2.05) is 12.1 Å². The van der Waals surface area contributed by atoms with Crippen molar-refractivity contribution in [2.45, 2.75) is 12.7 Å². The van der Waals surface area contributed by atoms with Gasteiger partial charge in [0, 0.05) is 13.6 Å². The van der Waals surface area contributed by atoms with Crippen LogP contribution >= 0.6 is 11.3 Å². The normalized spacial score (nSPS) is 11.4. The molecule has 0 aliphatic carbocycles. The zero-order valence-electron chi connectivity index (χ0n) is 14.5. The number of aromatic nitrogens is 2. The molecule has 0 fully saturated rings. The molecule has 3 aromatic rings. The highest BCUT2D eigenvalue weighted by Crippen LogP contribution is 2.34. The van der Waals surface area contributed by atoms with E-state index < -0.39 is 11.9 Å². The quantitative estimate of drug-likeness (QED) is 0.708. The van der Waals surface area contributed by atoms with Crippen LogP contribution in [0.3, 0.4) is 0 Å². The Morgan fingerprint density at radius 3 is 2.52 bits per heavy atom. The van der Waals surface area contributed by atoms with E-state index in [1.165, 1.54) is 7.05 Å². The summed E-state index contributed by atoms with van der Waals surface area (Å²) in [6, 6.07) is 11.4. The van der Waals surface area contributed by atoms with E-state index in [0.717, 1.165) is 33.4 Å². The third-order valence-electron chi connectivity index (χ3n) is 3.86. The summed E-state index contributed by atoms with van der Waals surface area (Å²) in [6.45, 7) is 0.331. The maximum absolute atomic E-state index is 12.9. The Morgan fingerprint density at radius 2 is 1.93 bits per heavy atom. The van der Waals surface area contributed by atoms with Crippen molar-refractivity contribution in [2.75, 3.05) is 7.11 Å². The summed E-state index contributed by atoms with van der Waals surface area (Å²) >= 11 is 1.09. The van der Waals surface area contributed by atoms with Crippen LogP contribution in [0.15, 0.2) is 42.5 Å². The first kappa shape index (κ1) is 19.0. The Kier molecular flexibility index (Phi) is 5.22. The van der Waals surface area contributed by atoms with Gasteiger partial charge in [-0.05, 0) is 35.9 Å². The molecule has 3 rings (SSSR count). The monoisotopic (exact) mass is 395 g/mol. The predicted molar refractivity (Wildman–Crippen MR) is 95.7 cm³/mol. The molecular formula is C18H16F3N3O2S. The highest BCUT2D eigenvalue weighted by molar-refractivity contribution is 7.17. The maximum Gasteiger partial charge on any atom is 0.433 e. The zero-order chi connectivity index (χ0) is 19.6. The molecule has 0 spiro atoms. The summed E-state index contributed by atoms with van der Waals surface area (Å²) in [5.41, 5.74) is 0.251. The number of halogens is 3. The summed E-state index contributed by atoms with van der Waals surface area (Å²) in [4.78, 5) is 13.2. The third-order valence-corrected chi connectivity index (χ3v) is 4.97. The van der Waals surface area contributed by atoms with Crippen LogP contribution < -0.4 is 10.1 Å². The van der Waals surface area contributed by atoms with E-state index in [2.05, 4.69) is 10.4 Å². The number of methoxy groups -OCH3 is 1. The SMILES string of the molecule is COc1ccc(CNC(=O)c2ccc(-c3cc(C(F)(F)F)n(C)n3)s2)cc1. The molecule has 0 aliphatic rings. The number of amides is 1. The number of nitrogens with zero attached hydrogens (tertiary/aromatic N) is 2. The second-order valence-electron chi connectivity index (χ2n) is 5.73. The number of carbonyl (C=O) groups excluding carboxylic acids is 1. The number of ether oxygens (including phenoxy) is 1. The van der Waals surface area contributed by atoms with Crippen LogP contribution in [-0.2, 0) is 19.8 Å². The number of benzene rings is 1. The van der Waals surface area contributed by atoms with Gasteiger partial charge >= 0.3 is 6.18 Å². The molecule has 1 aromatic carbocycles.